The maximum atomic E-state index is 13.6. The van der Waals surface area contributed by atoms with Crippen LogP contribution in [0.1, 0.15) is 52.5 Å². The topological polar surface area (TPSA) is 92.2 Å². The zero-order valence-electron chi connectivity index (χ0n) is 23.3. The summed E-state index contributed by atoms with van der Waals surface area (Å²) in [5.41, 5.74) is 7.68. The number of aromatic nitrogens is 5. The van der Waals surface area contributed by atoms with E-state index in [0.717, 1.165) is 62.1 Å². The quantitative estimate of drug-likeness (QED) is 0.407. The van der Waals surface area contributed by atoms with E-state index < -0.39 is 0 Å². The summed E-state index contributed by atoms with van der Waals surface area (Å²) in [5, 5.41) is 13.9. The monoisotopic (exact) mass is 527 g/mol. The Hall–Kier alpha value is -3.56. The number of nitrogens with one attached hydrogen (secondary N) is 1. The Morgan fingerprint density at radius 3 is 2.59 bits per heavy atom. The number of ether oxygens (including phenoxy) is 1. The van der Waals surface area contributed by atoms with E-state index in [-0.39, 0.29) is 17.7 Å². The number of aryl methyl sites for hydroxylation is 3. The lowest BCUT2D eigenvalue weighted by Crippen LogP contribution is -2.49. The van der Waals surface area contributed by atoms with E-state index in [9.17, 15) is 4.79 Å². The van der Waals surface area contributed by atoms with Gasteiger partial charge in [0.15, 0.2) is 5.82 Å². The SMILES string of the molecule is Cc1cc2cc([C@H](c3nnnn3C[C@H]3CCCO3)N3CCN(c4cccc(C)c4C)CC3)c(=O)[nH]c2cc1C. The van der Waals surface area contributed by atoms with Crippen molar-refractivity contribution in [2.75, 3.05) is 37.7 Å². The van der Waals surface area contributed by atoms with Crippen LogP contribution in [0.3, 0.4) is 0 Å². The first kappa shape index (κ1) is 25.7. The van der Waals surface area contributed by atoms with Crippen molar-refractivity contribution in [3.8, 4) is 0 Å². The fourth-order valence-corrected chi connectivity index (χ4v) is 6.01. The zero-order valence-corrected chi connectivity index (χ0v) is 23.3. The minimum absolute atomic E-state index is 0.0922. The zero-order chi connectivity index (χ0) is 27.1. The van der Waals surface area contributed by atoms with E-state index in [0.29, 0.717) is 17.9 Å². The van der Waals surface area contributed by atoms with Gasteiger partial charge in [0, 0.05) is 49.6 Å². The molecule has 9 nitrogen and oxygen atoms in total. The highest BCUT2D eigenvalue weighted by atomic mass is 16.5. The molecule has 0 bridgehead atoms. The van der Waals surface area contributed by atoms with Crippen LogP contribution < -0.4 is 10.5 Å². The molecule has 2 aromatic heterocycles. The summed E-state index contributed by atoms with van der Waals surface area (Å²) in [6, 6.07) is 12.4. The van der Waals surface area contributed by atoms with Crippen molar-refractivity contribution in [3.05, 3.63) is 80.4 Å². The highest BCUT2D eigenvalue weighted by Crippen LogP contribution is 2.31. The second kappa shape index (κ2) is 10.5. The third kappa shape index (κ3) is 4.96. The van der Waals surface area contributed by atoms with Gasteiger partial charge >= 0.3 is 0 Å². The Kier molecular flexibility index (Phi) is 6.95. The molecule has 0 aliphatic carbocycles. The molecule has 204 valence electrons. The van der Waals surface area contributed by atoms with E-state index >= 15 is 0 Å². The molecule has 2 fully saturated rings. The van der Waals surface area contributed by atoms with Gasteiger partial charge < -0.3 is 14.6 Å². The van der Waals surface area contributed by atoms with Crippen LogP contribution in [0.15, 0.2) is 41.2 Å². The minimum Gasteiger partial charge on any atom is -0.376 e. The molecular formula is C30H37N7O2. The third-order valence-electron chi connectivity index (χ3n) is 8.58. The Morgan fingerprint density at radius 1 is 1.03 bits per heavy atom. The maximum absolute atomic E-state index is 13.6. The van der Waals surface area contributed by atoms with Gasteiger partial charge in [-0.3, -0.25) is 9.69 Å². The largest absolute Gasteiger partial charge is 0.376 e. The number of pyridine rings is 1. The molecule has 2 aromatic carbocycles. The number of hydrogen-bond donors (Lipinski definition) is 1. The number of nitrogens with zero attached hydrogens (tertiary/aromatic N) is 6. The summed E-state index contributed by atoms with van der Waals surface area (Å²) < 4.78 is 7.75. The molecular weight excluding hydrogens is 490 g/mol. The Balaban J connectivity index is 1.38. The van der Waals surface area contributed by atoms with Gasteiger partial charge in [0.1, 0.15) is 6.04 Å². The van der Waals surface area contributed by atoms with Gasteiger partial charge in [-0.1, -0.05) is 12.1 Å². The lowest BCUT2D eigenvalue weighted by atomic mass is 10.00. The number of piperazine rings is 1. The third-order valence-corrected chi connectivity index (χ3v) is 8.58. The van der Waals surface area contributed by atoms with E-state index in [4.69, 9.17) is 4.74 Å². The smallest absolute Gasteiger partial charge is 0.253 e. The highest BCUT2D eigenvalue weighted by Gasteiger charge is 2.34. The van der Waals surface area contributed by atoms with Gasteiger partial charge in [0.05, 0.1) is 12.6 Å². The van der Waals surface area contributed by atoms with Crippen LogP contribution in [0.2, 0.25) is 0 Å². The molecule has 9 heteroatoms. The number of benzene rings is 2. The second-order valence-corrected chi connectivity index (χ2v) is 11.1. The number of hydrogen-bond acceptors (Lipinski definition) is 7. The number of fused-ring (bicyclic) bond motifs is 1. The number of rotatable bonds is 6. The minimum atomic E-state index is -0.364. The lowest BCUT2D eigenvalue weighted by Gasteiger charge is -2.40. The molecule has 0 spiro atoms. The Bertz CT molecular complexity index is 1540. The lowest BCUT2D eigenvalue weighted by molar-refractivity contribution is 0.0906. The van der Waals surface area contributed by atoms with E-state index in [2.05, 4.69) is 88.3 Å². The number of anilines is 1. The fourth-order valence-electron chi connectivity index (χ4n) is 6.01. The summed E-state index contributed by atoms with van der Waals surface area (Å²) in [5.74, 6) is 0.694. The predicted octanol–water partition coefficient (Wildman–Crippen LogP) is 3.84. The Morgan fingerprint density at radius 2 is 1.82 bits per heavy atom. The first-order chi connectivity index (χ1) is 18.9. The van der Waals surface area contributed by atoms with Gasteiger partial charge in [0.2, 0.25) is 0 Å². The summed E-state index contributed by atoms with van der Waals surface area (Å²) >= 11 is 0. The molecule has 0 unspecified atom stereocenters. The van der Waals surface area contributed by atoms with Crippen LogP contribution in [-0.4, -0.2) is 69.0 Å². The molecule has 4 aromatic rings. The van der Waals surface area contributed by atoms with Crippen LogP contribution in [0, 0.1) is 27.7 Å². The van der Waals surface area contributed by atoms with E-state index in [1.807, 2.05) is 10.7 Å². The van der Waals surface area contributed by atoms with Crippen molar-refractivity contribution in [1.29, 1.82) is 0 Å². The molecule has 39 heavy (non-hydrogen) atoms. The maximum Gasteiger partial charge on any atom is 0.253 e. The number of tetrazole rings is 1. The molecule has 1 N–H and O–H groups in total. The summed E-state index contributed by atoms with van der Waals surface area (Å²) in [7, 11) is 0. The van der Waals surface area contributed by atoms with Crippen molar-refractivity contribution < 1.29 is 4.74 Å². The van der Waals surface area contributed by atoms with Crippen LogP contribution in [0.4, 0.5) is 5.69 Å². The molecule has 6 rings (SSSR count). The molecule has 2 saturated heterocycles. The fraction of sp³-hybridized carbons (Fsp3) is 0.467. The number of aromatic amines is 1. The first-order valence-corrected chi connectivity index (χ1v) is 14.0. The van der Waals surface area contributed by atoms with Crippen molar-refractivity contribution >= 4 is 16.6 Å². The Labute approximate surface area is 228 Å². The van der Waals surface area contributed by atoms with Gasteiger partial charge in [-0.2, -0.15) is 0 Å². The van der Waals surface area contributed by atoms with Crippen LogP contribution >= 0.6 is 0 Å². The number of H-pyrrole nitrogens is 1. The normalized spacial score (nSPS) is 19.2. The molecule has 0 saturated carbocycles. The highest BCUT2D eigenvalue weighted by molar-refractivity contribution is 5.81. The van der Waals surface area contributed by atoms with Crippen LogP contribution in [0.5, 0.6) is 0 Å². The predicted molar refractivity (Wildman–Crippen MR) is 152 cm³/mol. The average molecular weight is 528 g/mol. The molecule has 0 amide bonds. The van der Waals surface area contributed by atoms with E-state index in [1.165, 1.54) is 22.4 Å². The molecule has 2 aliphatic heterocycles. The van der Waals surface area contributed by atoms with Crippen molar-refractivity contribution in [2.45, 2.75) is 59.2 Å². The van der Waals surface area contributed by atoms with E-state index in [1.54, 1.807) is 0 Å². The molecule has 2 atom stereocenters. The van der Waals surface area contributed by atoms with Crippen molar-refractivity contribution in [2.24, 2.45) is 0 Å². The average Bonchev–Trinajstić information content (AvgIpc) is 3.61. The molecule has 0 radical (unpaired) electrons. The van der Waals surface area contributed by atoms with Gasteiger partial charge in [0.25, 0.3) is 5.56 Å². The first-order valence-electron chi connectivity index (χ1n) is 14.0. The molecule has 2 aliphatic rings. The van der Waals surface area contributed by atoms with Gasteiger partial charge in [-0.25, -0.2) is 4.68 Å². The summed E-state index contributed by atoms with van der Waals surface area (Å²) in [4.78, 5) is 21.6. The summed E-state index contributed by atoms with van der Waals surface area (Å²) in [6.07, 6.45) is 2.14. The summed E-state index contributed by atoms with van der Waals surface area (Å²) in [6.45, 7) is 13.2. The van der Waals surface area contributed by atoms with Gasteiger partial charge in [-0.15, -0.1) is 5.10 Å². The second-order valence-electron chi connectivity index (χ2n) is 11.1. The van der Waals surface area contributed by atoms with Crippen LogP contribution in [-0.2, 0) is 11.3 Å². The van der Waals surface area contributed by atoms with Crippen molar-refractivity contribution in [3.63, 3.8) is 0 Å². The molecule has 4 heterocycles. The standard InChI is InChI=1S/C30H37N7O2/c1-19-7-5-9-27(22(19)4)35-10-12-36(13-11-35)28(29-32-33-34-37(29)18-24-8-6-14-39-24)25-17-23-15-20(2)21(3)16-26(23)31-30(25)38/h5,7,9,15-17,24,28H,6,8,10-14,18H2,1-4H3,(H,31,38)/t24-,28-/m1/s1. The van der Waals surface area contributed by atoms with Crippen LogP contribution in [0.25, 0.3) is 10.9 Å². The van der Waals surface area contributed by atoms with Crippen molar-refractivity contribution in [1.82, 2.24) is 30.1 Å². The van der Waals surface area contributed by atoms with Gasteiger partial charge in [-0.05, 0) is 103 Å².